The first-order valence-electron chi connectivity index (χ1n) is 9.90. The fraction of sp³-hybridized carbons (Fsp3) is 0.318. The molecule has 0 fully saturated rings. The number of hydrogen-bond donors (Lipinski definition) is 1. The number of fused-ring (bicyclic) bond motifs is 1. The summed E-state index contributed by atoms with van der Waals surface area (Å²) in [6.45, 7) is 4.10. The molecule has 1 unspecified atom stereocenters. The van der Waals surface area contributed by atoms with Gasteiger partial charge in [-0.05, 0) is 37.1 Å². The van der Waals surface area contributed by atoms with Crippen LogP contribution in [0.1, 0.15) is 31.3 Å². The van der Waals surface area contributed by atoms with Crippen molar-refractivity contribution >= 4 is 5.65 Å². The number of aryl methyl sites for hydroxylation is 1. The summed E-state index contributed by atoms with van der Waals surface area (Å²) in [6, 6.07) is 9.28. The molecular formula is C22H25N5O3. The molecule has 0 aliphatic rings. The first-order chi connectivity index (χ1) is 14.5. The highest BCUT2D eigenvalue weighted by Gasteiger charge is 2.19. The van der Waals surface area contributed by atoms with Crippen LogP contribution in [0.3, 0.4) is 0 Å². The fourth-order valence-corrected chi connectivity index (χ4v) is 3.72. The zero-order chi connectivity index (χ0) is 21.3. The molecule has 0 saturated heterocycles. The van der Waals surface area contributed by atoms with Crippen molar-refractivity contribution < 1.29 is 9.47 Å². The number of H-pyrrole nitrogens is 1. The summed E-state index contributed by atoms with van der Waals surface area (Å²) in [5, 5.41) is 7.50. The lowest BCUT2D eigenvalue weighted by Crippen LogP contribution is -2.18. The number of aromatic amines is 1. The van der Waals surface area contributed by atoms with Crippen LogP contribution >= 0.6 is 0 Å². The monoisotopic (exact) mass is 407 g/mol. The zero-order valence-corrected chi connectivity index (χ0v) is 17.5. The van der Waals surface area contributed by atoms with Gasteiger partial charge in [0.15, 0.2) is 17.1 Å². The Bertz CT molecular complexity index is 1220. The molecule has 8 nitrogen and oxygen atoms in total. The molecule has 4 rings (SSSR count). The van der Waals surface area contributed by atoms with Crippen LogP contribution in [0.15, 0.2) is 47.5 Å². The van der Waals surface area contributed by atoms with Gasteiger partial charge >= 0.3 is 0 Å². The van der Waals surface area contributed by atoms with Crippen LogP contribution in [0.4, 0.5) is 0 Å². The summed E-state index contributed by atoms with van der Waals surface area (Å²) in [4.78, 5) is 17.7. The van der Waals surface area contributed by atoms with Crippen LogP contribution in [0.25, 0.3) is 16.8 Å². The summed E-state index contributed by atoms with van der Waals surface area (Å²) in [6.07, 6.45) is 4.99. The Morgan fingerprint density at radius 1 is 1.17 bits per heavy atom. The smallest absolute Gasteiger partial charge is 0.272 e. The number of nitrogens with zero attached hydrogens (tertiary/aromatic N) is 4. The molecule has 1 N–H and O–H groups in total. The van der Waals surface area contributed by atoms with Gasteiger partial charge in [-0.1, -0.05) is 13.0 Å². The third kappa shape index (κ3) is 3.45. The van der Waals surface area contributed by atoms with E-state index in [1.165, 1.54) is 4.52 Å². The normalized spacial score (nSPS) is 12.3. The molecule has 3 aromatic heterocycles. The highest BCUT2D eigenvalue weighted by Crippen LogP contribution is 2.35. The summed E-state index contributed by atoms with van der Waals surface area (Å²) >= 11 is 0. The van der Waals surface area contributed by atoms with E-state index in [4.69, 9.17) is 14.5 Å². The summed E-state index contributed by atoms with van der Waals surface area (Å²) in [5.74, 6) is 1.28. The third-order valence-corrected chi connectivity index (χ3v) is 5.25. The standard InChI is InChI=1S/C22H25N5O3/c1-5-17-21(15-7-8-18(29-3)19(12-15)30-4)22-24-16(13-20(28)27(22)25-17)11-14(2)26-10-6-9-23-26/h6-10,12-14,25H,5,11H2,1-4H3. The van der Waals surface area contributed by atoms with Crippen molar-refractivity contribution in [3.05, 3.63) is 64.5 Å². The van der Waals surface area contributed by atoms with Crippen molar-refractivity contribution in [1.82, 2.24) is 24.4 Å². The van der Waals surface area contributed by atoms with E-state index in [0.717, 1.165) is 28.9 Å². The number of aromatic nitrogens is 5. The molecule has 8 heteroatoms. The summed E-state index contributed by atoms with van der Waals surface area (Å²) in [5.41, 5.74) is 3.94. The largest absolute Gasteiger partial charge is 0.493 e. The summed E-state index contributed by atoms with van der Waals surface area (Å²) in [7, 11) is 3.21. The maximum atomic E-state index is 12.8. The lowest BCUT2D eigenvalue weighted by atomic mass is 10.0. The molecule has 1 aromatic carbocycles. The van der Waals surface area contributed by atoms with Crippen molar-refractivity contribution in [2.45, 2.75) is 32.7 Å². The molecule has 1 atom stereocenters. The molecular weight excluding hydrogens is 382 g/mol. The van der Waals surface area contributed by atoms with Crippen LogP contribution in [-0.4, -0.2) is 38.6 Å². The Labute approximate surface area is 174 Å². The number of hydrogen-bond acceptors (Lipinski definition) is 5. The lowest BCUT2D eigenvalue weighted by molar-refractivity contribution is 0.355. The predicted molar refractivity (Wildman–Crippen MR) is 114 cm³/mol. The van der Waals surface area contributed by atoms with Crippen LogP contribution in [0, 0.1) is 0 Å². The molecule has 0 saturated carbocycles. The number of methoxy groups -OCH3 is 2. The molecule has 0 amide bonds. The van der Waals surface area contributed by atoms with E-state index in [9.17, 15) is 4.79 Å². The third-order valence-electron chi connectivity index (χ3n) is 5.25. The molecule has 0 aliphatic heterocycles. The molecule has 30 heavy (non-hydrogen) atoms. The van der Waals surface area contributed by atoms with Crippen molar-refractivity contribution in [3.63, 3.8) is 0 Å². The van der Waals surface area contributed by atoms with Gasteiger partial charge in [0.1, 0.15) is 0 Å². The number of ether oxygens (including phenoxy) is 2. The highest BCUT2D eigenvalue weighted by atomic mass is 16.5. The second kappa shape index (κ2) is 8.06. The van der Waals surface area contributed by atoms with E-state index in [1.54, 1.807) is 26.5 Å². The van der Waals surface area contributed by atoms with Gasteiger partial charge in [0.05, 0.1) is 26.0 Å². The second-order valence-electron chi connectivity index (χ2n) is 7.17. The zero-order valence-electron chi connectivity index (χ0n) is 17.5. The van der Waals surface area contributed by atoms with E-state index in [2.05, 4.69) is 17.1 Å². The Morgan fingerprint density at radius 3 is 2.63 bits per heavy atom. The second-order valence-corrected chi connectivity index (χ2v) is 7.17. The molecule has 0 bridgehead atoms. The Hall–Kier alpha value is -3.55. The number of benzene rings is 1. The van der Waals surface area contributed by atoms with Gasteiger partial charge in [0, 0.05) is 36.1 Å². The van der Waals surface area contributed by atoms with Gasteiger partial charge in [-0.3, -0.25) is 14.6 Å². The first kappa shape index (κ1) is 19.8. The van der Waals surface area contributed by atoms with Gasteiger partial charge in [0.2, 0.25) is 0 Å². The summed E-state index contributed by atoms with van der Waals surface area (Å²) < 4.78 is 14.2. The highest BCUT2D eigenvalue weighted by molar-refractivity contribution is 5.81. The van der Waals surface area contributed by atoms with Crippen LogP contribution in [-0.2, 0) is 12.8 Å². The van der Waals surface area contributed by atoms with Gasteiger partial charge in [-0.25, -0.2) is 9.50 Å². The Balaban J connectivity index is 1.85. The average molecular weight is 407 g/mol. The minimum atomic E-state index is -0.135. The van der Waals surface area contributed by atoms with E-state index in [-0.39, 0.29) is 11.6 Å². The molecule has 156 valence electrons. The van der Waals surface area contributed by atoms with E-state index in [0.29, 0.717) is 23.6 Å². The number of nitrogens with one attached hydrogen (secondary N) is 1. The topological polar surface area (TPSA) is 86.4 Å². The predicted octanol–water partition coefficient (Wildman–Crippen LogP) is 3.27. The van der Waals surface area contributed by atoms with Crippen molar-refractivity contribution in [2.24, 2.45) is 0 Å². The van der Waals surface area contributed by atoms with Gasteiger partial charge < -0.3 is 9.47 Å². The lowest BCUT2D eigenvalue weighted by Gasteiger charge is -2.12. The van der Waals surface area contributed by atoms with Crippen molar-refractivity contribution in [2.75, 3.05) is 14.2 Å². The van der Waals surface area contributed by atoms with E-state index >= 15 is 0 Å². The minimum Gasteiger partial charge on any atom is -0.493 e. The first-order valence-corrected chi connectivity index (χ1v) is 9.90. The van der Waals surface area contributed by atoms with E-state index < -0.39 is 0 Å². The molecule has 0 aliphatic carbocycles. The molecule has 4 aromatic rings. The molecule has 3 heterocycles. The van der Waals surface area contributed by atoms with Crippen molar-refractivity contribution in [3.8, 4) is 22.6 Å². The van der Waals surface area contributed by atoms with Crippen molar-refractivity contribution in [1.29, 1.82) is 0 Å². The van der Waals surface area contributed by atoms with Crippen LogP contribution in [0.2, 0.25) is 0 Å². The van der Waals surface area contributed by atoms with Crippen LogP contribution < -0.4 is 15.0 Å². The van der Waals surface area contributed by atoms with Gasteiger partial charge in [0.25, 0.3) is 5.56 Å². The maximum absolute atomic E-state index is 12.8. The Kier molecular flexibility index (Phi) is 5.31. The average Bonchev–Trinajstić information content (AvgIpc) is 3.41. The van der Waals surface area contributed by atoms with Crippen LogP contribution in [0.5, 0.6) is 11.5 Å². The molecule has 0 radical (unpaired) electrons. The van der Waals surface area contributed by atoms with Gasteiger partial charge in [-0.2, -0.15) is 5.10 Å². The Morgan fingerprint density at radius 2 is 1.97 bits per heavy atom. The quantitative estimate of drug-likeness (QED) is 0.508. The van der Waals surface area contributed by atoms with Gasteiger partial charge in [-0.15, -0.1) is 0 Å². The number of rotatable bonds is 7. The van der Waals surface area contributed by atoms with E-state index in [1.807, 2.05) is 42.1 Å². The minimum absolute atomic E-state index is 0.0865. The SMILES string of the molecule is CCc1[nH]n2c(=O)cc(CC(C)n3cccn3)nc2c1-c1ccc(OC)c(OC)c1. The maximum Gasteiger partial charge on any atom is 0.272 e. The molecule has 0 spiro atoms. The fourth-order valence-electron chi connectivity index (χ4n) is 3.72.